The van der Waals surface area contributed by atoms with E-state index in [0.29, 0.717) is 42.1 Å². The summed E-state index contributed by atoms with van der Waals surface area (Å²) in [6, 6.07) is 20.2. The van der Waals surface area contributed by atoms with Crippen molar-refractivity contribution in [3.05, 3.63) is 103 Å². The van der Waals surface area contributed by atoms with Crippen molar-refractivity contribution in [2.24, 2.45) is 0 Å². The van der Waals surface area contributed by atoms with Crippen LogP contribution in [0.3, 0.4) is 0 Å². The third-order valence-corrected chi connectivity index (χ3v) is 5.98. The van der Waals surface area contributed by atoms with E-state index in [9.17, 15) is 19.2 Å². The number of carbonyl (C=O) groups excluding carboxylic acids is 4. The second kappa shape index (κ2) is 18.3. The van der Waals surface area contributed by atoms with Gasteiger partial charge < -0.3 is 33.5 Å². The maximum Gasteiger partial charge on any atom is 0.513 e. The summed E-state index contributed by atoms with van der Waals surface area (Å²) in [7, 11) is 0. The molecule has 3 aromatic rings. The van der Waals surface area contributed by atoms with Gasteiger partial charge in [-0.05, 0) is 72.5 Å². The van der Waals surface area contributed by atoms with Crippen LogP contribution in [0.25, 0.3) is 11.1 Å². The molecule has 0 aliphatic carbocycles. The SMILES string of the molecule is C=CC(=O)OCCCCOC(=O)Oc1ccc(-c2ccc(OC(=O)c3ccc(OCCCOC(=O)C(=C)CO)cc3)cc2)cc1. The van der Waals surface area contributed by atoms with E-state index >= 15 is 0 Å². The van der Waals surface area contributed by atoms with Crippen molar-refractivity contribution in [3.63, 3.8) is 0 Å². The highest BCUT2D eigenvalue weighted by Crippen LogP contribution is 2.25. The Morgan fingerprint density at radius 2 is 1.18 bits per heavy atom. The van der Waals surface area contributed by atoms with Crippen LogP contribution in [0.1, 0.15) is 29.6 Å². The lowest BCUT2D eigenvalue weighted by atomic mass is 10.1. The molecule has 1 N–H and O–H groups in total. The lowest BCUT2D eigenvalue weighted by Crippen LogP contribution is -2.12. The van der Waals surface area contributed by atoms with Crippen molar-refractivity contribution in [2.75, 3.05) is 33.0 Å². The van der Waals surface area contributed by atoms with E-state index in [2.05, 4.69) is 13.2 Å². The largest absolute Gasteiger partial charge is 0.513 e. The Hall–Kier alpha value is -5.42. The van der Waals surface area contributed by atoms with Crippen molar-refractivity contribution < 1.29 is 52.7 Å². The highest BCUT2D eigenvalue weighted by Gasteiger charge is 2.11. The number of carbonyl (C=O) groups is 4. The van der Waals surface area contributed by atoms with Gasteiger partial charge in [0, 0.05) is 12.5 Å². The zero-order chi connectivity index (χ0) is 32.4. The van der Waals surface area contributed by atoms with Crippen molar-refractivity contribution >= 4 is 24.1 Å². The molecule has 0 saturated heterocycles. The van der Waals surface area contributed by atoms with Gasteiger partial charge in [0.1, 0.15) is 17.2 Å². The molecule has 0 atom stereocenters. The third-order valence-electron chi connectivity index (χ3n) is 5.98. The lowest BCUT2D eigenvalue weighted by molar-refractivity contribution is -0.140. The maximum absolute atomic E-state index is 12.6. The molecule has 0 radical (unpaired) electrons. The first-order valence-electron chi connectivity index (χ1n) is 14.0. The number of aliphatic hydroxyl groups is 1. The summed E-state index contributed by atoms with van der Waals surface area (Å²) in [5.74, 6) is -0.455. The number of benzene rings is 3. The Morgan fingerprint density at radius 3 is 1.76 bits per heavy atom. The molecule has 0 heterocycles. The highest BCUT2D eigenvalue weighted by atomic mass is 16.7. The van der Waals surface area contributed by atoms with Crippen LogP contribution in [0.4, 0.5) is 4.79 Å². The van der Waals surface area contributed by atoms with Crippen LogP contribution in [-0.2, 0) is 23.8 Å². The zero-order valence-corrected chi connectivity index (χ0v) is 24.6. The number of hydrogen-bond donors (Lipinski definition) is 1. The normalized spacial score (nSPS) is 10.2. The molecule has 0 amide bonds. The predicted molar refractivity (Wildman–Crippen MR) is 163 cm³/mol. The second-order valence-corrected chi connectivity index (χ2v) is 9.34. The monoisotopic (exact) mass is 618 g/mol. The van der Waals surface area contributed by atoms with Gasteiger partial charge in [0.05, 0.1) is 44.2 Å². The van der Waals surface area contributed by atoms with E-state index in [4.69, 9.17) is 33.5 Å². The van der Waals surface area contributed by atoms with Crippen LogP contribution in [0.5, 0.6) is 17.2 Å². The highest BCUT2D eigenvalue weighted by molar-refractivity contribution is 5.91. The summed E-state index contributed by atoms with van der Waals surface area (Å²) in [5, 5.41) is 8.85. The number of unbranched alkanes of at least 4 members (excludes halogenated alkanes) is 1. The summed E-state index contributed by atoms with van der Waals surface area (Å²) in [6.45, 7) is 7.01. The lowest BCUT2D eigenvalue weighted by Gasteiger charge is -2.09. The molecule has 0 saturated carbocycles. The fourth-order valence-electron chi connectivity index (χ4n) is 3.58. The van der Waals surface area contributed by atoms with Gasteiger partial charge in [0.2, 0.25) is 0 Å². The molecule has 0 fully saturated rings. The number of esters is 3. The van der Waals surface area contributed by atoms with E-state index in [0.717, 1.165) is 17.2 Å². The summed E-state index contributed by atoms with van der Waals surface area (Å²) in [4.78, 5) is 46.9. The zero-order valence-electron chi connectivity index (χ0n) is 24.6. The van der Waals surface area contributed by atoms with Gasteiger partial charge in [-0.3, -0.25) is 0 Å². The van der Waals surface area contributed by atoms with Crippen molar-refractivity contribution in [1.29, 1.82) is 0 Å². The van der Waals surface area contributed by atoms with Gasteiger partial charge in [-0.25, -0.2) is 19.2 Å². The molecule has 0 aromatic heterocycles. The summed E-state index contributed by atoms with van der Waals surface area (Å²) in [6.07, 6.45) is 1.75. The molecule has 236 valence electrons. The number of aliphatic hydroxyl groups excluding tert-OH is 1. The van der Waals surface area contributed by atoms with Gasteiger partial charge in [0.15, 0.2) is 0 Å². The van der Waals surface area contributed by atoms with Crippen LogP contribution >= 0.6 is 0 Å². The van der Waals surface area contributed by atoms with E-state index in [1.54, 1.807) is 72.8 Å². The van der Waals surface area contributed by atoms with E-state index in [-0.39, 0.29) is 32.0 Å². The number of ether oxygens (including phenoxy) is 6. The fourth-order valence-corrected chi connectivity index (χ4v) is 3.58. The van der Waals surface area contributed by atoms with Crippen LogP contribution < -0.4 is 14.2 Å². The number of hydrogen-bond acceptors (Lipinski definition) is 11. The molecule has 11 nitrogen and oxygen atoms in total. The molecular formula is C34H34O11. The van der Waals surface area contributed by atoms with Crippen LogP contribution in [0, 0.1) is 0 Å². The summed E-state index contributed by atoms with van der Waals surface area (Å²) < 4.78 is 31.1. The van der Waals surface area contributed by atoms with Crippen LogP contribution in [0.2, 0.25) is 0 Å². The minimum atomic E-state index is -0.832. The van der Waals surface area contributed by atoms with Gasteiger partial charge >= 0.3 is 24.1 Å². The average molecular weight is 619 g/mol. The molecule has 3 aromatic carbocycles. The molecule has 0 unspecified atom stereocenters. The van der Waals surface area contributed by atoms with Crippen molar-refractivity contribution in [3.8, 4) is 28.4 Å². The fraction of sp³-hybridized carbons (Fsp3) is 0.235. The first-order chi connectivity index (χ1) is 21.8. The summed E-state index contributed by atoms with van der Waals surface area (Å²) >= 11 is 0. The van der Waals surface area contributed by atoms with Crippen LogP contribution in [0.15, 0.2) is 97.6 Å². The second-order valence-electron chi connectivity index (χ2n) is 9.34. The molecule has 0 aliphatic rings. The Balaban J connectivity index is 1.39. The van der Waals surface area contributed by atoms with E-state index < -0.39 is 30.7 Å². The van der Waals surface area contributed by atoms with Gasteiger partial charge in [-0.1, -0.05) is 37.4 Å². The smallest absolute Gasteiger partial charge is 0.493 e. The Bertz CT molecular complexity index is 1440. The minimum Gasteiger partial charge on any atom is -0.493 e. The molecular weight excluding hydrogens is 584 g/mol. The van der Waals surface area contributed by atoms with Crippen molar-refractivity contribution in [2.45, 2.75) is 19.3 Å². The predicted octanol–water partition coefficient (Wildman–Crippen LogP) is 5.46. The van der Waals surface area contributed by atoms with Crippen LogP contribution in [-0.4, -0.2) is 62.2 Å². The van der Waals surface area contributed by atoms with Gasteiger partial charge in [-0.2, -0.15) is 0 Å². The minimum absolute atomic E-state index is 0.00952. The third kappa shape index (κ3) is 12.0. The van der Waals surface area contributed by atoms with E-state index in [1.807, 2.05) is 0 Å². The average Bonchev–Trinajstić information content (AvgIpc) is 3.06. The molecule has 0 bridgehead atoms. The quantitative estimate of drug-likeness (QED) is 0.0514. The topological polar surface area (TPSA) is 144 Å². The Morgan fingerprint density at radius 1 is 0.644 bits per heavy atom. The first kappa shape index (κ1) is 34.1. The first-order valence-corrected chi connectivity index (χ1v) is 14.0. The van der Waals surface area contributed by atoms with E-state index in [1.165, 1.54) is 0 Å². The summed E-state index contributed by atoms with van der Waals surface area (Å²) in [5.41, 5.74) is 2.04. The molecule has 0 spiro atoms. The Labute approximate surface area is 260 Å². The van der Waals surface area contributed by atoms with Gasteiger partial charge in [-0.15, -0.1) is 0 Å². The Kier molecular flexibility index (Phi) is 13.8. The molecule has 11 heteroatoms. The molecule has 45 heavy (non-hydrogen) atoms. The maximum atomic E-state index is 12.6. The molecule has 0 aliphatic heterocycles. The van der Waals surface area contributed by atoms with Gasteiger partial charge in [0.25, 0.3) is 0 Å². The van der Waals surface area contributed by atoms with Crippen molar-refractivity contribution in [1.82, 2.24) is 0 Å². The molecule has 3 rings (SSSR count). The standard InChI is InChI=1S/C34H34O11/c1-3-31(36)41-19-4-5-20-43-34(39)45-30-17-9-26(10-18-30)25-7-15-29(16-8-25)44-33(38)27-11-13-28(14-12-27)40-21-6-22-42-32(37)24(2)23-35/h3,7-18,35H,1-2,4-6,19-23H2. The number of rotatable bonds is 17.